The molecule has 7 heteroatoms. The third-order valence-electron chi connectivity index (χ3n) is 4.34. The smallest absolute Gasteiger partial charge is 0.347 e. The molecule has 0 radical (unpaired) electrons. The Morgan fingerprint density at radius 3 is 2.28 bits per heavy atom. The van der Waals surface area contributed by atoms with Crippen LogP contribution < -0.4 is 10.6 Å². The van der Waals surface area contributed by atoms with Crippen LogP contribution in [0.5, 0.6) is 0 Å². The second kappa shape index (κ2) is 8.87. The number of carbonyl (C=O) groups is 2. The van der Waals surface area contributed by atoms with Crippen LogP contribution in [0, 0.1) is 5.92 Å². The summed E-state index contributed by atoms with van der Waals surface area (Å²) in [6, 6.07) is 6.55. The molecule has 2 N–H and O–H groups in total. The first-order chi connectivity index (χ1) is 11.8. The van der Waals surface area contributed by atoms with Gasteiger partial charge in [0.1, 0.15) is 6.54 Å². The van der Waals surface area contributed by atoms with Gasteiger partial charge in [-0.25, -0.2) is 0 Å². The molecule has 1 fully saturated rings. The number of benzene rings is 1. The van der Waals surface area contributed by atoms with Gasteiger partial charge in [-0.05, 0) is 30.0 Å². The van der Waals surface area contributed by atoms with Crippen molar-refractivity contribution in [3.8, 4) is 0 Å². The number of halogens is 3. The monoisotopic (exact) mass is 356 g/mol. The fourth-order valence-electron chi connectivity index (χ4n) is 3.01. The van der Waals surface area contributed by atoms with E-state index < -0.39 is 18.6 Å². The van der Waals surface area contributed by atoms with Gasteiger partial charge in [0.2, 0.25) is 11.8 Å². The number of alkyl halides is 3. The highest BCUT2D eigenvalue weighted by Gasteiger charge is 2.27. The van der Waals surface area contributed by atoms with Gasteiger partial charge >= 0.3 is 6.18 Å². The van der Waals surface area contributed by atoms with E-state index in [0.717, 1.165) is 6.42 Å². The minimum atomic E-state index is -4.41. The van der Waals surface area contributed by atoms with Crippen molar-refractivity contribution < 1.29 is 22.8 Å². The SMILES string of the molecule is O=C(Cc1ccc(NC(=O)CCC2CCCC2)cc1)NCC(F)(F)F. The maximum absolute atomic E-state index is 12.0. The fraction of sp³-hybridized carbons (Fsp3) is 0.556. The number of rotatable bonds is 7. The quantitative estimate of drug-likeness (QED) is 0.780. The van der Waals surface area contributed by atoms with Crippen molar-refractivity contribution >= 4 is 17.5 Å². The predicted molar refractivity (Wildman–Crippen MR) is 89.0 cm³/mol. The maximum atomic E-state index is 12.0. The molecule has 1 aliphatic carbocycles. The van der Waals surface area contributed by atoms with Crippen LogP contribution in [-0.2, 0) is 16.0 Å². The van der Waals surface area contributed by atoms with Gasteiger partial charge in [-0.15, -0.1) is 0 Å². The minimum absolute atomic E-state index is 0.0393. The fourth-order valence-corrected chi connectivity index (χ4v) is 3.01. The summed E-state index contributed by atoms with van der Waals surface area (Å²) in [6.45, 7) is -1.33. The van der Waals surface area contributed by atoms with E-state index in [9.17, 15) is 22.8 Å². The molecule has 25 heavy (non-hydrogen) atoms. The first-order valence-electron chi connectivity index (χ1n) is 8.54. The van der Waals surface area contributed by atoms with E-state index in [1.807, 2.05) is 5.32 Å². The summed E-state index contributed by atoms with van der Waals surface area (Å²) in [7, 11) is 0. The lowest BCUT2D eigenvalue weighted by molar-refractivity contribution is -0.138. The zero-order valence-corrected chi connectivity index (χ0v) is 14.0. The van der Waals surface area contributed by atoms with Crippen molar-refractivity contribution in [2.45, 2.75) is 51.1 Å². The molecular formula is C18H23F3N2O2. The number of carbonyl (C=O) groups excluding carboxylic acids is 2. The van der Waals surface area contributed by atoms with E-state index in [4.69, 9.17) is 0 Å². The van der Waals surface area contributed by atoms with Crippen LogP contribution >= 0.6 is 0 Å². The van der Waals surface area contributed by atoms with Gasteiger partial charge in [0.05, 0.1) is 6.42 Å². The summed E-state index contributed by atoms with van der Waals surface area (Å²) in [5, 5.41) is 4.63. The van der Waals surface area contributed by atoms with Gasteiger partial charge in [0.25, 0.3) is 0 Å². The Morgan fingerprint density at radius 2 is 1.68 bits per heavy atom. The molecule has 0 saturated heterocycles. The summed E-state index contributed by atoms with van der Waals surface area (Å²) in [5.41, 5.74) is 1.21. The van der Waals surface area contributed by atoms with Crippen LogP contribution in [0.3, 0.4) is 0 Å². The molecule has 0 unspecified atom stereocenters. The zero-order chi connectivity index (χ0) is 18.3. The van der Waals surface area contributed by atoms with Crippen molar-refractivity contribution in [1.29, 1.82) is 0 Å². The average molecular weight is 356 g/mol. The molecule has 0 atom stereocenters. The number of hydrogen-bond donors (Lipinski definition) is 2. The van der Waals surface area contributed by atoms with Crippen LogP contribution in [0.4, 0.5) is 18.9 Å². The van der Waals surface area contributed by atoms with Crippen molar-refractivity contribution in [2.75, 3.05) is 11.9 Å². The molecule has 0 heterocycles. The van der Waals surface area contributed by atoms with E-state index in [1.54, 1.807) is 24.3 Å². The standard InChI is InChI=1S/C18H23F3N2O2/c19-18(20,21)12-22-17(25)11-14-5-8-15(9-6-14)23-16(24)10-7-13-3-1-2-4-13/h5-6,8-9,13H,1-4,7,10-12H2,(H,22,25)(H,23,24). The molecule has 138 valence electrons. The van der Waals surface area contributed by atoms with Gasteiger partial charge in [-0.1, -0.05) is 37.8 Å². The predicted octanol–water partition coefficient (Wildman–Crippen LogP) is 3.82. The van der Waals surface area contributed by atoms with Crippen molar-refractivity contribution in [3.05, 3.63) is 29.8 Å². The molecule has 1 aliphatic rings. The lowest BCUT2D eigenvalue weighted by atomic mass is 10.0. The second-order valence-corrected chi connectivity index (χ2v) is 6.50. The molecule has 1 aromatic carbocycles. The Labute approximate surface area is 145 Å². The summed E-state index contributed by atoms with van der Waals surface area (Å²) in [6.07, 6.45) is 1.77. The van der Waals surface area contributed by atoms with E-state index >= 15 is 0 Å². The van der Waals surface area contributed by atoms with Crippen LogP contribution in [0.1, 0.15) is 44.1 Å². The molecule has 0 aromatic heterocycles. The topological polar surface area (TPSA) is 58.2 Å². The Balaban J connectivity index is 1.73. The lowest BCUT2D eigenvalue weighted by Crippen LogP contribution is -2.34. The first-order valence-corrected chi connectivity index (χ1v) is 8.54. The molecule has 2 amide bonds. The van der Waals surface area contributed by atoms with Crippen LogP contribution in [0.2, 0.25) is 0 Å². The zero-order valence-electron chi connectivity index (χ0n) is 14.0. The molecule has 0 spiro atoms. The summed E-state index contributed by atoms with van der Waals surface area (Å²) in [5.74, 6) is -0.0726. The molecule has 1 aromatic rings. The van der Waals surface area contributed by atoms with Crippen LogP contribution in [-0.4, -0.2) is 24.5 Å². The third-order valence-corrected chi connectivity index (χ3v) is 4.34. The van der Waals surface area contributed by atoms with Crippen molar-refractivity contribution in [3.63, 3.8) is 0 Å². The van der Waals surface area contributed by atoms with E-state index in [-0.39, 0.29) is 12.3 Å². The third kappa shape index (κ3) is 7.58. The molecular weight excluding hydrogens is 333 g/mol. The number of hydrogen-bond acceptors (Lipinski definition) is 2. The molecule has 4 nitrogen and oxygen atoms in total. The Bertz CT molecular complexity index is 579. The van der Waals surface area contributed by atoms with E-state index in [0.29, 0.717) is 23.6 Å². The Hall–Kier alpha value is -2.05. The minimum Gasteiger partial charge on any atom is -0.347 e. The average Bonchev–Trinajstić information content (AvgIpc) is 3.06. The molecule has 0 aliphatic heterocycles. The molecule has 0 bridgehead atoms. The largest absolute Gasteiger partial charge is 0.405 e. The highest BCUT2D eigenvalue weighted by Crippen LogP contribution is 2.28. The number of nitrogens with one attached hydrogen (secondary N) is 2. The van der Waals surface area contributed by atoms with Gasteiger partial charge in [0.15, 0.2) is 0 Å². The normalized spacial score (nSPS) is 15.2. The highest BCUT2D eigenvalue weighted by atomic mass is 19.4. The van der Waals surface area contributed by atoms with Crippen molar-refractivity contribution in [2.24, 2.45) is 5.92 Å². The van der Waals surface area contributed by atoms with E-state index in [2.05, 4.69) is 5.32 Å². The summed E-state index contributed by atoms with van der Waals surface area (Å²) >= 11 is 0. The molecule has 2 rings (SSSR count). The second-order valence-electron chi connectivity index (χ2n) is 6.50. The maximum Gasteiger partial charge on any atom is 0.405 e. The van der Waals surface area contributed by atoms with Crippen molar-refractivity contribution in [1.82, 2.24) is 5.32 Å². The molecule has 1 saturated carbocycles. The van der Waals surface area contributed by atoms with Crippen LogP contribution in [0.15, 0.2) is 24.3 Å². The Kier molecular flexibility index (Phi) is 6.84. The summed E-state index contributed by atoms with van der Waals surface area (Å²) < 4.78 is 36.1. The highest BCUT2D eigenvalue weighted by molar-refractivity contribution is 5.90. The van der Waals surface area contributed by atoms with Gasteiger partial charge in [-0.2, -0.15) is 13.2 Å². The lowest BCUT2D eigenvalue weighted by Gasteiger charge is -2.10. The Morgan fingerprint density at radius 1 is 1.04 bits per heavy atom. The van der Waals surface area contributed by atoms with Gasteiger partial charge in [-0.3, -0.25) is 9.59 Å². The first kappa shape index (κ1) is 19.3. The van der Waals surface area contributed by atoms with Crippen LogP contribution in [0.25, 0.3) is 0 Å². The van der Waals surface area contributed by atoms with E-state index in [1.165, 1.54) is 25.7 Å². The number of anilines is 1. The summed E-state index contributed by atoms with van der Waals surface area (Å²) in [4.78, 5) is 23.4. The van der Waals surface area contributed by atoms with Gasteiger partial charge < -0.3 is 10.6 Å². The van der Waals surface area contributed by atoms with Gasteiger partial charge in [0, 0.05) is 12.1 Å². The number of amides is 2.